The summed E-state index contributed by atoms with van der Waals surface area (Å²) < 4.78 is 0. The van der Waals surface area contributed by atoms with Crippen LogP contribution in [0.1, 0.15) is 25.1 Å². The van der Waals surface area contributed by atoms with Crippen molar-refractivity contribution in [3.05, 3.63) is 46.7 Å². The molecule has 3 heteroatoms. The van der Waals surface area contributed by atoms with E-state index in [-0.39, 0.29) is 0 Å². The minimum Gasteiger partial charge on any atom is -0.233 e. The van der Waals surface area contributed by atoms with Gasteiger partial charge < -0.3 is 0 Å². The predicted molar refractivity (Wildman–Crippen MR) is 75.8 cm³/mol. The molecule has 0 radical (unpaired) electrons. The minimum atomic E-state index is 0.510. The van der Waals surface area contributed by atoms with E-state index in [9.17, 15) is 0 Å². The minimum absolute atomic E-state index is 0.510. The fourth-order valence-electron chi connectivity index (χ4n) is 1.82. The monoisotopic (exact) mass is 260 g/mol. The summed E-state index contributed by atoms with van der Waals surface area (Å²) in [6.07, 6.45) is 0.918. The van der Waals surface area contributed by atoms with Gasteiger partial charge in [0.05, 0.1) is 0 Å². The first kappa shape index (κ1) is 13.0. The molecule has 2 aromatic rings. The highest BCUT2D eigenvalue weighted by Crippen LogP contribution is 2.19. The summed E-state index contributed by atoms with van der Waals surface area (Å²) in [6, 6.07) is 10.0. The maximum atomic E-state index is 6.06. The third-order valence-corrected chi connectivity index (χ3v) is 2.87. The zero-order chi connectivity index (χ0) is 13.1. The number of aryl methyl sites for hydroxylation is 1. The summed E-state index contributed by atoms with van der Waals surface area (Å²) in [5, 5.41) is 0.510. The lowest BCUT2D eigenvalue weighted by atomic mass is 10.1. The van der Waals surface area contributed by atoms with Gasteiger partial charge in [-0.2, -0.15) is 0 Å². The highest BCUT2D eigenvalue weighted by Gasteiger charge is 2.07. The number of hydrogen-bond donors (Lipinski definition) is 0. The summed E-state index contributed by atoms with van der Waals surface area (Å²) in [4.78, 5) is 8.87. The maximum Gasteiger partial charge on any atom is 0.161 e. The van der Waals surface area contributed by atoms with Crippen LogP contribution in [0.15, 0.2) is 30.3 Å². The van der Waals surface area contributed by atoms with Crippen molar-refractivity contribution in [1.29, 1.82) is 0 Å². The Labute approximate surface area is 113 Å². The van der Waals surface area contributed by atoms with E-state index in [1.54, 1.807) is 0 Å². The van der Waals surface area contributed by atoms with Gasteiger partial charge in [-0.3, -0.25) is 0 Å². The van der Waals surface area contributed by atoms with Gasteiger partial charge in [0.15, 0.2) is 5.82 Å². The summed E-state index contributed by atoms with van der Waals surface area (Å²) in [6.45, 7) is 6.40. The molecule has 18 heavy (non-hydrogen) atoms. The van der Waals surface area contributed by atoms with E-state index in [0.717, 1.165) is 17.7 Å². The van der Waals surface area contributed by atoms with E-state index in [2.05, 4.69) is 42.9 Å². The Morgan fingerprint density at radius 1 is 1.11 bits per heavy atom. The second kappa shape index (κ2) is 5.49. The van der Waals surface area contributed by atoms with Crippen LogP contribution in [0.4, 0.5) is 0 Å². The summed E-state index contributed by atoms with van der Waals surface area (Å²) in [5.74, 6) is 1.26. The van der Waals surface area contributed by atoms with Crippen LogP contribution in [0.25, 0.3) is 11.4 Å². The topological polar surface area (TPSA) is 25.8 Å². The van der Waals surface area contributed by atoms with Gasteiger partial charge in [0.25, 0.3) is 0 Å². The van der Waals surface area contributed by atoms with Crippen LogP contribution in [-0.4, -0.2) is 9.97 Å². The molecular formula is C15H17ClN2. The first-order valence-electron chi connectivity index (χ1n) is 6.15. The molecule has 0 saturated carbocycles. The van der Waals surface area contributed by atoms with Crippen molar-refractivity contribution < 1.29 is 0 Å². The van der Waals surface area contributed by atoms with E-state index in [4.69, 9.17) is 11.6 Å². The quantitative estimate of drug-likeness (QED) is 0.769. The van der Waals surface area contributed by atoms with Crippen molar-refractivity contribution in [3.8, 4) is 11.4 Å². The van der Waals surface area contributed by atoms with Crippen LogP contribution >= 0.6 is 11.6 Å². The van der Waals surface area contributed by atoms with Crippen LogP contribution in [0.5, 0.6) is 0 Å². The molecule has 2 nitrogen and oxygen atoms in total. The zero-order valence-electron chi connectivity index (χ0n) is 10.9. The molecular weight excluding hydrogens is 244 g/mol. The highest BCUT2D eigenvalue weighted by atomic mass is 35.5. The fourth-order valence-corrected chi connectivity index (χ4v) is 2.02. The second-order valence-electron chi connectivity index (χ2n) is 4.97. The normalized spacial score (nSPS) is 10.9. The maximum absolute atomic E-state index is 6.06. The van der Waals surface area contributed by atoms with Crippen molar-refractivity contribution >= 4 is 11.6 Å². The third-order valence-electron chi connectivity index (χ3n) is 2.68. The molecule has 0 aliphatic carbocycles. The fraction of sp³-hybridized carbons (Fsp3) is 0.333. The lowest BCUT2D eigenvalue weighted by Crippen LogP contribution is -2.00. The molecule has 0 unspecified atom stereocenters. The van der Waals surface area contributed by atoms with E-state index in [1.165, 1.54) is 5.56 Å². The third kappa shape index (κ3) is 3.30. The Morgan fingerprint density at radius 3 is 2.39 bits per heavy atom. The molecule has 94 valence electrons. The molecule has 0 spiro atoms. The molecule has 2 rings (SSSR count). The van der Waals surface area contributed by atoms with Gasteiger partial charge in [0.1, 0.15) is 5.15 Å². The van der Waals surface area contributed by atoms with E-state index < -0.39 is 0 Å². The van der Waals surface area contributed by atoms with Crippen LogP contribution < -0.4 is 0 Å². The first-order valence-corrected chi connectivity index (χ1v) is 6.53. The van der Waals surface area contributed by atoms with Crippen LogP contribution in [0, 0.1) is 12.8 Å². The van der Waals surface area contributed by atoms with Crippen molar-refractivity contribution in [2.45, 2.75) is 27.2 Å². The van der Waals surface area contributed by atoms with Gasteiger partial charge in [-0.25, -0.2) is 9.97 Å². The molecule has 0 N–H and O–H groups in total. The van der Waals surface area contributed by atoms with Crippen molar-refractivity contribution in [3.63, 3.8) is 0 Å². The number of hydrogen-bond acceptors (Lipinski definition) is 2. The number of rotatable bonds is 3. The Hall–Kier alpha value is -1.41. The van der Waals surface area contributed by atoms with Crippen molar-refractivity contribution in [1.82, 2.24) is 9.97 Å². The van der Waals surface area contributed by atoms with E-state index >= 15 is 0 Å². The highest BCUT2D eigenvalue weighted by molar-refractivity contribution is 6.29. The lowest BCUT2D eigenvalue weighted by Gasteiger charge is -2.07. The lowest BCUT2D eigenvalue weighted by molar-refractivity contribution is 0.634. The van der Waals surface area contributed by atoms with Gasteiger partial charge >= 0.3 is 0 Å². The Balaban J connectivity index is 2.38. The molecule has 1 heterocycles. The number of aromatic nitrogens is 2. The number of nitrogens with zero attached hydrogens (tertiary/aromatic N) is 2. The summed E-state index contributed by atoms with van der Waals surface area (Å²) in [5.41, 5.74) is 3.23. The number of halogens is 1. The van der Waals surface area contributed by atoms with Gasteiger partial charge in [-0.05, 0) is 25.3 Å². The first-order chi connectivity index (χ1) is 8.54. The number of benzene rings is 1. The predicted octanol–water partition coefficient (Wildman–Crippen LogP) is 4.30. The van der Waals surface area contributed by atoms with Crippen LogP contribution in [-0.2, 0) is 6.42 Å². The molecule has 1 aromatic carbocycles. The Bertz CT molecular complexity index is 533. The van der Waals surface area contributed by atoms with Gasteiger partial charge in [0.2, 0.25) is 0 Å². The Morgan fingerprint density at radius 2 is 1.78 bits per heavy atom. The molecule has 0 amide bonds. The van der Waals surface area contributed by atoms with Crippen molar-refractivity contribution in [2.75, 3.05) is 0 Å². The molecule has 0 aliphatic rings. The molecule has 0 saturated heterocycles. The molecule has 0 aliphatic heterocycles. The van der Waals surface area contributed by atoms with Gasteiger partial charge in [-0.15, -0.1) is 0 Å². The average Bonchev–Trinajstić information content (AvgIpc) is 2.28. The average molecular weight is 261 g/mol. The molecule has 0 fully saturated rings. The second-order valence-corrected chi connectivity index (χ2v) is 5.36. The molecule has 0 atom stereocenters. The largest absolute Gasteiger partial charge is 0.233 e. The van der Waals surface area contributed by atoms with E-state index in [1.807, 2.05) is 18.2 Å². The molecule has 1 aromatic heterocycles. The Kier molecular flexibility index (Phi) is 3.97. The smallest absolute Gasteiger partial charge is 0.161 e. The SMILES string of the molecule is Cc1ccc(-c2nc(Cl)cc(CC(C)C)n2)cc1. The van der Waals surface area contributed by atoms with Crippen LogP contribution in [0.2, 0.25) is 5.15 Å². The van der Waals surface area contributed by atoms with Gasteiger partial charge in [0, 0.05) is 11.3 Å². The summed E-state index contributed by atoms with van der Waals surface area (Å²) in [7, 11) is 0. The summed E-state index contributed by atoms with van der Waals surface area (Å²) >= 11 is 6.06. The van der Waals surface area contributed by atoms with Crippen LogP contribution in [0.3, 0.4) is 0 Å². The van der Waals surface area contributed by atoms with Gasteiger partial charge in [-0.1, -0.05) is 55.3 Å². The standard InChI is InChI=1S/C15H17ClN2/c1-10(2)8-13-9-14(16)18-15(17-13)12-6-4-11(3)5-7-12/h4-7,9-10H,8H2,1-3H3. The zero-order valence-corrected chi connectivity index (χ0v) is 11.7. The van der Waals surface area contributed by atoms with Crippen molar-refractivity contribution in [2.24, 2.45) is 5.92 Å². The van der Waals surface area contributed by atoms with E-state index in [0.29, 0.717) is 16.9 Å². The molecule has 0 bridgehead atoms.